The molecule has 0 aromatic carbocycles. The van der Waals surface area contributed by atoms with E-state index in [9.17, 15) is 0 Å². The monoisotopic (exact) mass is 216 g/mol. The van der Waals surface area contributed by atoms with Crippen molar-refractivity contribution in [2.45, 2.75) is 6.92 Å². The van der Waals surface area contributed by atoms with E-state index in [4.69, 9.17) is 10.9 Å². The van der Waals surface area contributed by atoms with Crippen molar-refractivity contribution < 1.29 is 5.21 Å². The number of oxime groups is 1. The topological polar surface area (TPSA) is 76.4 Å². The zero-order valence-electron chi connectivity index (χ0n) is 8.83. The van der Waals surface area contributed by atoms with E-state index >= 15 is 0 Å². The van der Waals surface area contributed by atoms with Crippen molar-refractivity contribution in [3.63, 3.8) is 0 Å². The fourth-order valence-corrected chi connectivity index (χ4v) is 1.56. The predicted molar refractivity (Wildman–Crippen MR) is 60.8 cm³/mol. The molecule has 5 heteroatoms. The van der Waals surface area contributed by atoms with Gasteiger partial charge in [-0.3, -0.25) is 4.57 Å². The summed E-state index contributed by atoms with van der Waals surface area (Å²) in [5.74, 6) is 0.837. The van der Waals surface area contributed by atoms with Crippen molar-refractivity contribution in [2.24, 2.45) is 10.9 Å². The maximum Gasteiger partial charge on any atom is 0.187 e. The Morgan fingerprint density at radius 3 is 2.94 bits per heavy atom. The summed E-state index contributed by atoms with van der Waals surface area (Å²) >= 11 is 0. The van der Waals surface area contributed by atoms with Crippen molar-refractivity contribution in [3.8, 4) is 5.82 Å². The van der Waals surface area contributed by atoms with Crippen LogP contribution in [0.3, 0.4) is 0 Å². The predicted octanol–water partition coefficient (Wildman–Crippen LogP) is 1.28. The Kier molecular flexibility index (Phi) is 2.59. The summed E-state index contributed by atoms with van der Waals surface area (Å²) < 4.78 is 1.78. The Morgan fingerprint density at radius 2 is 2.25 bits per heavy atom. The maximum absolute atomic E-state index is 8.68. The minimum atomic E-state index is 0.0649. The molecule has 2 aromatic rings. The van der Waals surface area contributed by atoms with Gasteiger partial charge in [0.1, 0.15) is 5.82 Å². The first-order valence-electron chi connectivity index (χ1n) is 4.81. The van der Waals surface area contributed by atoms with Crippen LogP contribution in [0.5, 0.6) is 0 Å². The number of rotatable bonds is 2. The molecule has 0 fully saturated rings. The lowest BCUT2D eigenvalue weighted by atomic mass is 10.3. The number of hydrogen-bond donors (Lipinski definition) is 2. The van der Waals surface area contributed by atoms with Gasteiger partial charge >= 0.3 is 0 Å². The van der Waals surface area contributed by atoms with Crippen LogP contribution in [0.4, 0.5) is 0 Å². The van der Waals surface area contributed by atoms with E-state index in [2.05, 4.69) is 10.1 Å². The summed E-state index contributed by atoms with van der Waals surface area (Å²) in [6.07, 6.45) is 3.53. The fourth-order valence-electron chi connectivity index (χ4n) is 1.56. The third-order valence-electron chi connectivity index (χ3n) is 2.33. The van der Waals surface area contributed by atoms with Crippen molar-refractivity contribution in [3.05, 3.63) is 47.9 Å². The number of pyridine rings is 1. The third kappa shape index (κ3) is 1.63. The standard InChI is InChI=1S/C11H12N4O/c1-8-4-2-6-13-11(8)15-7-3-5-9(15)10(12)14-16/h2-7,16H,1H3,(H2,12,14). The van der Waals surface area contributed by atoms with Gasteiger partial charge in [-0.05, 0) is 30.7 Å². The van der Waals surface area contributed by atoms with Crippen LogP contribution < -0.4 is 5.73 Å². The van der Waals surface area contributed by atoms with E-state index in [1.165, 1.54) is 0 Å². The third-order valence-corrected chi connectivity index (χ3v) is 2.33. The Labute approximate surface area is 92.8 Å². The van der Waals surface area contributed by atoms with Crippen LogP contribution in [0, 0.1) is 6.92 Å². The molecule has 0 aliphatic rings. The lowest BCUT2D eigenvalue weighted by molar-refractivity contribution is 0.318. The van der Waals surface area contributed by atoms with E-state index in [-0.39, 0.29) is 5.84 Å². The summed E-state index contributed by atoms with van der Waals surface area (Å²) in [7, 11) is 0. The molecule has 2 heterocycles. The molecule has 0 saturated carbocycles. The Hall–Kier alpha value is -2.30. The first-order valence-corrected chi connectivity index (χ1v) is 4.81. The molecular formula is C11H12N4O. The molecular weight excluding hydrogens is 204 g/mol. The average molecular weight is 216 g/mol. The SMILES string of the molecule is Cc1cccnc1-n1cccc1/C(N)=N/O. The highest BCUT2D eigenvalue weighted by atomic mass is 16.4. The molecule has 82 valence electrons. The Morgan fingerprint density at radius 1 is 1.44 bits per heavy atom. The largest absolute Gasteiger partial charge is 0.409 e. The summed E-state index contributed by atoms with van der Waals surface area (Å²) in [5, 5.41) is 11.7. The summed E-state index contributed by atoms with van der Waals surface area (Å²) in [6, 6.07) is 7.41. The van der Waals surface area contributed by atoms with Gasteiger partial charge in [0.2, 0.25) is 0 Å². The van der Waals surface area contributed by atoms with Crippen LogP contribution in [-0.4, -0.2) is 20.6 Å². The molecule has 0 unspecified atom stereocenters. The smallest absolute Gasteiger partial charge is 0.187 e. The molecule has 3 N–H and O–H groups in total. The second-order valence-corrected chi connectivity index (χ2v) is 3.39. The van der Waals surface area contributed by atoms with Gasteiger partial charge in [0, 0.05) is 12.4 Å². The molecule has 0 atom stereocenters. The number of hydrogen-bond acceptors (Lipinski definition) is 3. The van der Waals surface area contributed by atoms with Crippen LogP contribution in [0.1, 0.15) is 11.3 Å². The van der Waals surface area contributed by atoms with E-state index in [0.717, 1.165) is 11.4 Å². The first-order chi connectivity index (χ1) is 7.74. The second-order valence-electron chi connectivity index (χ2n) is 3.39. The van der Waals surface area contributed by atoms with Crippen molar-refractivity contribution >= 4 is 5.84 Å². The van der Waals surface area contributed by atoms with Crippen LogP contribution in [-0.2, 0) is 0 Å². The van der Waals surface area contributed by atoms with Crippen molar-refractivity contribution in [1.29, 1.82) is 0 Å². The van der Waals surface area contributed by atoms with Gasteiger partial charge in [-0.2, -0.15) is 0 Å². The van der Waals surface area contributed by atoms with Gasteiger partial charge in [-0.1, -0.05) is 11.2 Å². The van der Waals surface area contributed by atoms with Gasteiger partial charge < -0.3 is 10.9 Å². The van der Waals surface area contributed by atoms with Gasteiger partial charge in [-0.15, -0.1) is 0 Å². The van der Waals surface area contributed by atoms with Gasteiger partial charge in [-0.25, -0.2) is 4.98 Å². The second kappa shape index (κ2) is 4.06. The van der Waals surface area contributed by atoms with E-state index < -0.39 is 0 Å². The molecule has 0 amide bonds. The molecule has 0 saturated heterocycles. The number of amidine groups is 1. The van der Waals surface area contributed by atoms with Gasteiger partial charge in [0.25, 0.3) is 0 Å². The Balaban J connectivity index is 2.58. The molecule has 5 nitrogen and oxygen atoms in total. The number of aryl methyl sites for hydroxylation is 1. The summed E-state index contributed by atoms with van der Waals surface area (Å²) in [4.78, 5) is 4.27. The molecule has 16 heavy (non-hydrogen) atoms. The van der Waals surface area contributed by atoms with Gasteiger partial charge in [0.05, 0.1) is 5.69 Å². The van der Waals surface area contributed by atoms with Crippen LogP contribution in [0.15, 0.2) is 41.8 Å². The van der Waals surface area contributed by atoms with Gasteiger partial charge in [0.15, 0.2) is 5.84 Å². The fraction of sp³-hybridized carbons (Fsp3) is 0.0909. The molecule has 0 aliphatic carbocycles. The summed E-state index contributed by atoms with van der Waals surface area (Å²) in [6.45, 7) is 1.96. The van der Waals surface area contributed by atoms with E-state index in [1.54, 1.807) is 16.8 Å². The molecule has 0 radical (unpaired) electrons. The van der Waals surface area contributed by atoms with E-state index in [0.29, 0.717) is 5.69 Å². The molecule has 2 aromatic heterocycles. The molecule has 0 spiro atoms. The van der Waals surface area contributed by atoms with Crippen LogP contribution in [0.2, 0.25) is 0 Å². The normalized spacial score (nSPS) is 11.7. The number of aromatic nitrogens is 2. The lowest BCUT2D eigenvalue weighted by Gasteiger charge is -2.09. The molecule has 0 bridgehead atoms. The first kappa shape index (κ1) is 10.2. The highest BCUT2D eigenvalue weighted by Gasteiger charge is 2.09. The number of nitrogens with two attached hydrogens (primary N) is 1. The van der Waals surface area contributed by atoms with Crippen molar-refractivity contribution in [1.82, 2.24) is 9.55 Å². The maximum atomic E-state index is 8.68. The molecule has 0 aliphatic heterocycles. The highest BCUT2D eigenvalue weighted by molar-refractivity contribution is 5.96. The van der Waals surface area contributed by atoms with Crippen LogP contribution in [0.25, 0.3) is 5.82 Å². The lowest BCUT2D eigenvalue weighted by Crippen LogP contribution is -2.18. The average Bonchev–Trinajstić information content (AvgIpc) is 2.77. The summed E-state index contributed by atoms with van der Waals surface area (Å²) in [5.41, 5.74) is 7.21. The van der Waals surface area contributed by atoms with E-state index in [1.807, 2.05) is 31.3 Å². The van der Waals surface area contributed by atoms with Crippen molar-refractivity contribution in [2.75, 3.05) is 0 Å². The zero-order valence-corrected chi connectivity index (χ0v) is 8.83. The minimum Gasteiger partial charge on any atom is -0.409 e. The minimum absolute atomic E-state index is 0.0649. The highest BCUT2D eigenvalue weighted by Crippen LogP contribution is 2.13. The van der Waals surface area contributed by atoms with Crippen LogP contribution >= 0.6 is 0 Å². The quantitative estimate of drug-likeness (QED) is 0.343. The molecule has 2 rings (SSSR count). The zero-order chi connectivity index (χ0) is 11.5. The number of nitrogens with zero attached hydrogens (tertiary/aromatic N) is 3. The Bertz CT molecular complexity index is 530.